The van der Waals surface area contributed by atoms with Crippen LogP contribution in [0.3, 0.4) is 0 Å². The molecule has 0 unspecified atom stereocenters. The number of ketones is 3. The molecule has 0 atom stereocenters. The SMILES string of the molecule is O=C(/C=C(\[O-])c1ccccc1)c1ccccc1.O=C(/C=C(\[O-])c1ccccc1)c1ccccc1.O=C(/C=C(\[O-])c1ccccc1)c1ccccc1.[Eu+3]. The summed E-state index contributed by atoms with van der Waals surface area (Å²) in [5, 5.41) is 35.3. The molecule has 7 heteroatoms. The van der Waals surface area contributed by atoms with Gasteiger partial charge in [-0.25, -0.2) is 0 Å². The van der Waals surface area contributed by atoms with Crippen molar-refractivity contribution in [3.05, 3.63) is 234 Å². The predicted molar refractivity (Wildman–Crippen MR) is 196 cm³/mol. The van der Waals surface area contributed by atoms with E-state index in [9.17, 15) is 29.7 Å². The van der Waals surface area contributed by atoms with Gasteiger partial charge in [-0.15, -0.1) is 0 Å². The zero-order valence-electron chi connectivity index (χ0n) is 27.9. The quantitative estimate of drug-likeness (QED) is 0.0899. The van der Waals surface area contributed by atoms with E-state index in [1.54, 1.807) is 146 Å². The van der Waals surface area contributed by atoms with Gasteiger partial charge in [-0.05, 0) is 34.9 Å². The van der Waals surface area contributed by atoms with E-state index in [0.29, 0.717) is 33.4 Å². The van der Waals surface area contributed by atoms with Gasteiger partial charge in [0.2, 0.25) is 0 Å². The van der Waals surface area contributed by atoms with E-state index in [1.807, 2.05) is 36.4 Å². The van der Waals surface area contributed by atoms with Gasteiger partial charge >= 0.3 is 49.4 Å². The second-order valence-electron chi connectivity index (χ2n) is 10.8. The molecule has 0 aromatic heterocycles. The zero-order chi connectivity index (χ0) is 36.3. The van der Waals surface area contributed by atoms with Crippen molar-refractivity contribution in [2.24, 2.45) is 0 Å². The molecule has 6 rings (SSSR count). The summed E-state index contributed by atoms with van der Waals surface area (Å²) in [6.07, 6.45) is 3.39. The first-order valence-corrected chi connectivity index (χ1v) is 15.9. The van der Waals surface area contributed by atoms with Gasteiger partial charge < -0.3 is 15.3 Å². The first kappa shape index (κ1) is 41.0. The van der Waals surface area contributed by atoms with Crippen LogP contribution in [0.5, 0.6) is 0 Å². The maximum absolute atomic E-state index is 11.8. The van der Waals surface area contributed by atoms with E-state index in [1.165, 1.54) is 0 Å². The fourth-order valence-corrected chi connectivity index (χ4v) is 4.47. The number of carbonyl (C=O) groups excluding carboxylic acids is 3. The molecule has 0 spiro atoms. The minimum absolute atomic E-state index is 0. The topological polar surface area (TPSA) is 120 Å². The maximum atomic E-state index is 11.8. The molecule has 6 nitrogen and oxygen atoms in total. The van der Waals surface area contributed by atoms with Crippen molar-refractivity contribution in [1.29, 1.82) is 0 Å². The first-order chi connectivity index (χ1) is 24.8. The molecule has 0 aliphatic rings. The number of hydrogen-bond acceptors (Lipinski definition) is 6. The van der Waals surface area contributed by atoms with E-state index in [2.05, 4.69) is 0 Å². The number of hydrogen-bond donors (Lipinski definition) is 0. The predicted octanol–water partition coefficient (Wildman–Crippen LogP) is 6.81. The Hall–Kier alpha value is -5.47. The van der Waals surface area contributed by atoms with Crippen LogP contribution in [-0.2, 0) is 0 Å². The molecule has 52 heavy (non-hydrogen) atoms. The normalized spacial score (nSPS) is 11.0. The van der Waals surface area contributed by atoms with Crippen molar-refractivity contribution in [1.82, 2.24) is 0 Å². The van der Waals surface area contributed by atoms with E-state index in [0.717, 1.165) is 18.2 Å². The van der Waals surface area contributed by atoms with Gasteiger partial charge in [0.1, 0.15) is 0 Å². The first-order valence-electron chi connectivity index (χ1n) is 15.9. The Labute approximate surface area is 344 Å². The molecule has 6 aromatic carbocycles. The van der Waals surface area contributed by atoms with Crippen LogP contribution in [0.15, 0.2) is 200 Å². The monoisotopic (exact) mass is 822 g/mol. The molecule has 6 aromatic rings. The molecule has 0 heterocycles. The maximum Gasteiger partial charge on any atom is 3.00 e. The average molecular weight is 822 g/mol. The third-order valence-corrected chi connectivity index (χ3v) is 7.14. The Morgan fingerprint density at radius 2 is 0.442 bits per heavy atom. The Balaban J connectivity index is 0.000000208. The second-order valence-corrected chi connectivity index (χ2v) is 10.8. The zero-order valence-corrected chi connectivity index (χ0v) is 30.3. The third-order valence-electron chi connectivity index (χ3n) is 7.14. The van der Waals surface area contributed by atoms with Crippen molar-refractivity contribution >= 4 is 34.6 Å². The van der Waals surface area contributed by atoms with E-state index in [4.69, 9.17) is 0 Å². The minimum Gasteiger partial charge on any atom is -0.872 e. The largest absolute Gasteiger partial charge is 3.00 e. The molecule has 0 radical (unpaired) electrons. The Morgan fingerprint density at radius 3 is 0.615 bits per heavy atom. The molecule has 0 N–H and O–H groups in total. The molecule has 0 aliphatic carbocycles. The summed E-state index contributed by atoms with van der Waals surface area (Å²) in [4.78, 5) is 35.3. The van der Waals surface area contributed by atoms with Gasteiger partial charge in [-0.3, -0.25) is 14.4 Å². The summed E-state index contributed by atoms with van der Waals surface area (Å²) < 4.78 is 0. The van der Waals surface area contributed by atoms with Gasteiger partial charge in [-0.1, -0.05) is 199 Å². The van der Waals surface area contributed by atoms with Crippen molar-refractivity contribution in [3.8, 4) is 0 Å². The van der Waals surface area contributed by atoms with Gasteiger partial charge in [0, 0.05) is 16.7 Å². The summed E-state index contributed by atoms with van der Waals surface area (Å²) in [5.41, 5.74) is 3.15. The standard InChI is InChI=1S/3C15H12O2.Eu/c3*16-14(12-7-3-1-4-8-12)11-15(17)13-9-5-2-6-10-13;/h3*1-11,16H;/q;;;+3/p-3/b3*14-11-;. The fourth-order valence-electron chi connectivity index (χ4n) is 4.47. The van der Waals surface area contributed by atoms with Crippen molar-refractivity contribution in [2.45, 2.75) is 0 Å². The molecule has 0 saturated carbocycles. The Morgan fingerprint density at radius 1 is 0.288 bits per heavy atom. The molecule has 0 saturated heterocycles. The molecular formula is C45H33EuO6. The number of allylic oxidation sites excluding steroid dienone is 3. The van der Waals surface area contributed by atoms with Crippen molar-refractivity contribution in [2.75, 3.05) is 0 Å². The van der Waals surface area contributed by atoms with Crippen LogP contribution < -0.4 is 15.3 Å². The molecule has 0 aliphatic heterocycles. The van der Waals surface area contributed by atoms with Crippen molar-refractivity contribution in [3.63, 3.8) is 0 Å². The molecule has 0 fully saturated rings. The smallest absolute Gasteiger partial charge is 0.872 e. The summed E-state index contributed by atoms with van der Waals surface area (Å²) >= 11 is 0. The van der Waals surface area contributed by atoms with Gasteiger partial charge in [-0.2, -0.15) is 0 Å². The number of rotatable bonds is 9. The molecule has 0 bridgehead atoms. The summed E-state index contributed by atoms with van der Waals surface area (Å²) in [7, 11) is 0. The molecular weight excluding hydrogens is 788 g/mol. The van der Waals surface area contributed by atoms with Crippen LogP contribution in [0.2, 0.25) is 0 Å². The van der Waals surface area contributed by atoms with Crippen LogP contribution in [-0.4, -0.2) is 17.3 Å². The van der Waals surface area contributed by atoms with E-state index < -0.39 is 0 Å². The van der Waals surface area contributed by atoms with E-state index in [-0.39, 0.29) is 84.0 Å². The summed E-state index contributed by atoms with van der Waals surface area (Å²) in [5.74, 6) is -1.59. The van der Waals surface area contributed by atoms with Crippen LogP contribution in [0, 0.1) is 49.4 Å². The summed E-state index contributed by atoms with van der Waals surface area (Å²) in [6.45, 7) is 0. The van der Waals surface area contributed by atoms with Crippen LogP contribution in [0.1, 0.15) is 47.8 Å². The average Bonchev–Trinajstić information content (AvgIpc) is 3.20. The third kappa shape index (κ3) is 13.7. The second kappa shape index (κ2) is 22.4. The van der Waals surface area contributed by atoms with E-state index >= 15 is 0 Å². The van der Waals surface area contributed by atoms with Gasteiger partial charge in [0.05, 0.1) is 0 Å². The Kier molecular flexibility index (Phi) is 17.6. The summed E-state index contributed by atoms with van der Waals surface area (Å²) in [6, 6.07) is 52.5. The van der Waals surface area contributed by atoms with Gasteiger partial charge in [0.25, 0.3) is 0 Å². The van der Waals surface area contributed by atoms with Crippen LogP contribution in [0.4, 0.5) is 0 Å². The van der Waals surface area contributed by atoms with Crippen LogP contribution in [0.25, 0.3) is 17.3 Å². The number of carbonyl (C=O) groups is 3. The minimum atomic E-state index is -0.264. The molecule has 0 amide bonds. The van der Waals surface area contributed by atoms with Crippen LogP contribution >= 0.6 is 0 Å². The Bertz CT molecular complexity index is 1830. The molecule has 256 valence electrons. The van der Waals surface area contributed by atoms with Gasteiger partial charge in [0.15, 0.2) is 17.3 Å². The fraction of sp³-hybridized carbons (Fsp3) is 0. The van der Waals surface area contributed by atoms with Crippen molar-refractivity contribution < 1.29 is 79.1 Å². The number of benzene rings is 6.